The molecule has 78 valence electrons. The van der Waals surface area contributed by atoms with Crippen LogP contribution in [0.3, 0.4) is 0 Å². The second kappa shape index (κ2) is 5.02. The van der Waals surface area contributed by atoms with Crippen molar-refractivity contribution in [3.05, 3.63) is 0 Å². The number of hydrogen-bond acceptors (Lipinski definition) is 0. The van der Waals surface area contributed by atoms with Gasteiger partial charge in [0.15, 0.2) is 0 Å². The first kappa shape index (κ1) is 11.1. The summed E-state index contributed by atoms with van der Waals surface area (Å²) >= 11 is 0. The van der Waals surface area contributed by atoms with Gasteiger partial charge < -0.3 is 0 Å². The van der Waals surface area contributed by atoms with Crippen molar-refractivity contribution in [3.63, 3.8) is 0 Å². The Labute approximate surface area is 84.1 Å². The molecule has 1 rings (SSSR count). The van der Waals surface area contributed by atoms with Gasteiger partial charge in [0, 0.05) is 0 Å². The van der Waals surface area contributed by atoms with Crippen molar-refractivity contribution in [2.45, 2.75) is 59.8 Å². The first-order valence-electron chi connectivity index (χ1n) is 6.09. The van der Waals surface area contributed by atoms with Crippen molar-refractivity contribution >= 4 is 0 Å². The summed E-state index contributed by atoms with van der Waals surface area (Å²) in [6.45, 7) is 9.45. The molecule has 0 saturated heterocycles. The second-order valence-electron chi connectivity index (χ2n) is 5.65. The van der Waals surface area contributed by atoms with E-state index in [0.29, 0.717) is 0 Å². The molecule has 0 amide bonds. The van der Waals surface area contributed by atoms with Crippen LogP contribution in [-0.4, -0.2) is 0 Å². The monoisotopic (exact) mass is 182 g/mol. The van der Waals surface area contributed by atoms with E-state index in [9.17, 15) is 0 Å². The summed E-state index contributed by atoms with van der Waals surface area (Å²) in [7, 11) is 0. The van der Waals surface area contributed by atoms with Gasteiger partial charge in [0.2, 0.25) is 0 Å². The smallest absolute Gasteiger partial charge is 0.0388 e. The van der Waals surface area contributed by atoms with Crippen molar-refractivity contribution < 1.29 is 0 Å². The summed E-state index contributed by atoms with van der Waals surface area (Å²) in [4.78, 5) is 0. The van der Waals surface area contributed by atoms with E-state index < -0.39 is 0 Å². The molecule has 1 aliphatic rings. The number of hydrogen-bond donors (Lipinski definition) is 0. The Morgan fingerprint density at radius 3 is 2.23 bits per heavy atom. The zero-order chi connectivity index (χ0) is 9.84. The lowest BCUT2D eigenvalue weighted by Gasteiger charge is -2.15. The zero-order valence-electron chi connectivity index (χ0n) is 9.84. The molecule has 0 bridgehead atoms. The fraction of sp³-hybridized carbons (Fsp3) is 1.00. The Morgan fingerprint density at radius 1 is 1.08 bits per heavy atom. The van der Waals surface area contributed by atoms with Crippen LogP contribution in [-0.2, 0) is 0 Å². The standard InChI is InChI=1S/C13H26/c1-10(2)5-6-12-7-8-13(9-12)11(3)4/h10-13H,5-9H2,1-4H3. The van der Waals surface area contributed by atoms with Gasteiger partial charge in [-0.05, 0) is 36.5 Å². The molecule has 0 aromatic rings. The molecule has 0 heterocycles. The molecule has 1 fully saturated rings. The third-order valence-corrected chi connectivity index (χ3v) is 3.68. The lowest BCUT2D eigenvalue weighted by molar-refractivity contribution is 0.361. The molecular formula is C13H26. The second-order valence-corrected chi connectivity index (χ2v) is 5.65. The average molecular weight is 182 g/mol. The van der Waals surface area contributed by atoms with Crippen molar-refractivity contribution in [2.24, 2.45) is 23.7 Å². The summed E-state index contributed by atoms with van der Waals surface area (Å²) < 4.78 is 0. The largest absolute Gasteiger partial charge is 0.0628 e. The Balaban J connectivity index is 2.17. The SMILES string of the molecule is CC(C)CCC1CCC(C(C)C)C1. The maximum atomic E-state index is 2.38. The maximum absolute atomic E-state index is 2.38. The molecule has 2 unspecified atom stereocenters. The van der Waals surface area contributed by atoms with Gasteiger partial charge in [0.05, 0.1) is 0 Å². The fourth-order valence-corrected chi connectivity index (χ4v) is 2.55. The molecule has 0 radical (unpaired) electrons. The third kappa shape index (κ3) is 3.70. The molecule has 0 N–H and O–H groups in total. The van der Waals surface area contributed by atoms with Gasteiger partial charge in [-0.1, -0.05) is 47.0 Å². The lowest BCUT2D eigenvalue weighted by Crippen LogP contribution is -2.04. The van der Waals surface area contributed by atoms with Gasteiger partial charge >= 0.3 is 0 Å². The highest BCUT2D eigenvalue weighted by Crippen LogP contribution is 2.38. The predicted molar refractivity (Wildman–Crippen MR) is 59.7 cm³/mol. The van der Waals surface area contributed by atoms with E-state index in [0.717, 1.165) is 23.7 Å². The van der Waals surface area contributed by atoms with Crippen LogP contribution < -0.4 is 0 Å². The Kier molecular flexibility index (Phi) is 4.28. The normalized spacial score (nSPS) is 29.1. The fourth-order valence-electron chi connectivity index (χ4n) is 2.55. The average Bonchev–Trinajstić information content (AvgIpc) is 2.48. The first-order valence-corrected chi connectivity index (χ1v) is 6.09. The molecular weight excluding hydrogens is 156 g/mol. The highest BCUT2D eigenvalue weighted by molar-refractivity contribution is 4.77. The molecule has 0 aromatic carbocycles. The van der Waals surface area contributed by atoms with Crippen LogP contribution in [0.25, 0.3) is 0 Å². The maximum Gasteiger partial charge on any atom is -0.0388 e. The van der Waals surface area contributed by atoms with Crippen molar-refractivity contribution in [1.82, 2.24) is 0 Å². The molecule has 1 saturated carbocycles. The summed E-state index contributed by atoms with van der Waals surface area (Å²) in [5.74, 6) is 3.93. The van der Waals surface area contributed by atoms with Crippen LogP contribution in [0.1, 0.15) is 59.8 Å². The van der Waals surface area contributed by atoms with Gasteiger partial charge in [-0.15, -0.1) is 0 Å². The quantitative estimate of drug-likeness (QED) is 0.600. The topological polar surface area (TPSA) is 0 Å². The minimum Gasteiger partial charge on any atom is -0.0628 e. The molecule has 0 nitrogen and oxygen atoms in total. The van der Waals surface area contributed by atoms with E-state index in [4.69, 9.17) is 0 Å². The highest BCUT2D eigenvalue weighted by Gasteiger charge is 2.26. The molecule has 2 atom stereocenters. The first-order chi connectivity index (χ1) is 6.09. The van der Waals surface area contributed by atoms with Gasteiger partial charge in [-0.2, -0.15) is 0 Å². The number of rotatable bonds is 4. The van der Waals surface area contributed by atoms with E-state index in [1.54, 1.807) is 0 Å². The van der Waals surface area contributed by atoms with Crippen LogP contribution in [0.5, 0.6) is 0 Å². The van der Waals surface area contributed by atoms with Crippen molar-refractivity contribution in [3.8, 4) is 0 Å². The third-order valence-electron chi connectivity index (χ3n) is 3.68. The van der Waals surface area contributed by atoms with Gasteiger partial charge in [0.25, 0.3) is 0 Å². The molecule has 0 aromatic heterocycles. The van der Waals surface area contributed by atoms with E-state index in [1.165, 1.54) is 32.1 Å². The minimum atomic E-state index is 0.901. The summed E-state index contributed by atoms with van der Waals surface area (Å²) in [5.41, 5.74) is 0. The van der Waals surface area contributed by atoms with Crippen LogP contribution in [0.4, 0.5) is 0 Å². The van der Waals surface area contributed by atoms with Crippen LogP contribution in [0.15, 0.2) is 0 Å². The van der Waals surface area contributed by atoms with E-state index in [2.05, 4.69) is 27.7 Å². The van der Waals surface area contributed by atoms with Crippen LogP contribution in [0, 0.1) is 23.7 Å². The van der Waals surface area contributed by atoms with E-state index >= 15 is 0 Å². The highest BCUT2D eigenvalue weighted by atomic mass is 14.3. The molecule has 0 heteroatoms. The predicted octanol–water partition coefficient (Wildman–Crippen LogP) is 4.49. The molecule has 1 aliphatic carbocycles. The minimum absolute atomic E-state index is 0.901. The summed E-state index contributed by atoms with van der Waals surface area (Å²) in [6.07, 6.45) is 7.46. The van der Waals surface area contributed by atoms with Crippen molar-refractivity contribution in [1.29, 1.82) is 0 Å². The Bertz CT molecular complexity index is 135. The van der Waals surface area contributed by atoms with Crippen LogP contribution >= 0.6 is 0 Å². The summed E-state index contributed by atoms with van der Waals surface area (Å²) in [5, 5.41) is 0. The van der Waals surface area contributed by atoms with Crippen LogP contribution in [0.2, 0.25) is 0 Å². The van der Waals surface area contributed by atoms with Gasteiger partial charge in [-0.3, -0.25) is 0 Å². The zero-order valence-corrected chi connectivity index (χ0v) is 9.84. The van der Waals surface area contributed by atoms with Gasteiger partial charge in [0.1, 0.15) is 0 Å². The molecule has 0 aliphatic heterocycles. The van der Waals surface area contributed by atoms with E-state index in [1.807, 2.05) is 0 Å². The lowest BCUT2D eigenvalue weighted by atomic mass is 9.91. The van der Waals surface area contributed by atoms with E-state index in [-0.39, 0.29) is 0 Å². The van der Waals surface area contributed by atoms with Gasteiger partial charge in [-0.25, -0.2) is 0 Å². The Hall–Kier alpha value is 0. The molecule has 0 spiro atoms. The summed E-state index contributed by atoms with van der Waals surface area (Å²) in [6, 6.07) is 0. The Morgan fingerprint density at radius 2 is 1.77 bits per heavy atom. The molecule has 13 heavy (non-hydrogen) atoms. The van der Waals surface area contributed by atoms with Crippen molar-refractivity contribution in [2.75, 3.05) is 0 Å².